The van der Waals surface area contributed by atoms with Crippen molar-refractivity contribution in [2.24, 2.45) is 11.8 Å². The Morgan fingerprint density at radius 2 is 1.07 bits per heavy atom. The van der Waals surface area contributed by atoms with Crippen molar-refractivity contribution in [2.45, 2.75) is 25.7 Å². The van der Waals surface area contributed by atoms with Gasteiger partial charge in [0.1, 0.15) is 11.4 Å². The molecule has 0 saturated carbocycles. The molecule has 158 valence electrons. The summed E-state index contributed by atoms with van der Waals surface area (Å²) in [5, 5.41) is 0. The van der Waals surface area contributed by atoms with E-state index in [1.54, 1.807) is 12.1 Å². The highest BCUT2D eigenvalue weighted by Crippen LogP contribution is 2.24. The third-order valence-corrected chi connectivity index (χ3v) is 6.44. The maximum Gasteiger partial charge on any atom is 0.184 e. The predicted octanol–water partition coefficient (Wildman–Crippen LogP) is 3.19. The fraction of sp³-hybridized carbons (Fsp3) is 0.500. The number of rotatable bonds is 5. The number of likely N-dealkylation sites (tertiary alicyclic amines) is 2. The van der Waals surface area contributed by atoms with Gasteiger partial charge in [-0.15, -0.1) is 0 Å². The van der Waals surface area contributed by atoms with Crippen LogP contribution in [-0.4, -0.2) is 71.6 Å². The monoisotopic (exact) mass is 406 g/mol. The summed E-state index contributed by atoms with van der Waals surface area (Å²) in [6.07, 6.45) is 3.50. The van der Waals surface area contributed by atoms with Gasteiger partial charge >= 0.3 is 0 Å². The van der Waals surface area contributed by atoms with E-state index in [1.807, 2.05) is 24.3 Å². The van der Waals surface area contributed by atoms with E-state index in [4.69, 9.17) is 0 Å². The van der Waals surface area contributed by atoms with Crippen LogP contribution in [0.5, 0.6) is 0 Å². The van der Waals surface area contributed by atoms with Gasteiger partial charge < -0.3 is 9.80 Å². The van der Waals surface area contributed by atoms with Crippen molar-refractivity contribution in [1.82, 2.24) is 19.8 Å². The van der Waals surface area contributed by atoms with Gasteiger partial charge in [0.15, 0.2) is 11.6 Å². The zero-order chi connectivity index (χ0) is 21.1. The molecule has 4 rings (SSSR count). The highest BCUT2D eigenvalue weighted by Gasteiger charge is 2.27. The Labute approximate surface area is 178 Å². The minimum absolute atomic E-state index is 0.0363. The zero-order valence-corrected chi connectivity index (χ0v) is 17.9. The van der Waals surface area contributed by atoms with Crippen molar-refractivity contribution >= 4 is 11.6 Å². The maximum absolute atomic E-state index is 12.9. The molecule has 0 N–H and O–H groups in total. The van der Waals surface area contributed by atoms with Gasteiger partial charge in [0.25, 0.3) is 0 Å². The first-order valence-corrected chi connectivity index (χ1v) is 10.9. The normalized spacial score (nSPS) is 19.7. The lowest BCUT2D eigenvalue weighted by atomic mass is 9.90. The standard InChI is InChI=1S/C24H30N4O2/c1-27-13-9-17(10-14-27)23(29)21-7-3-5-19(25-21)20-6-4-8-22(26-20)24(30)18-11-15-28(2)16-12-18/h3-8,17-18H,9-16H2,1-2H3. The number of piperidine rings is 2. The highest BCUT2D eigenvalue weighted by atomic mass is 16.1. The first-order chi connectivity index (χ1) is 14.5. The molecular weight excluding hydrogens is 376 g/mol. The summed E-state index contributed by atoms with van der Waals surface area (Å²) in [4.78, 5) is 39.6. The van der Waals surface area contributed by atoms with Crippen LogP contribution in [0.1, 0.15) is 46.7 Å². The second kappa shape index (κ2) is 9.14. The molecule has 0 atom stereocenters. The number of pyridine rings is 2. The molecule has 2 aliphatic heterocycles. The van der Waals surface area contributed by atoms with E-state index in [9.17, 15) is 9.59 Å². The molecule has 0 amide bonds. The largest absolute Gasteiger partial charge is 0.306 e. The molecule has 2 aliphatic rings. The van der Waals surface area contributed by atoms with E-state index in [0.717, 1.165) is 51.9 Å². The van der Waals surface area contributed by atoms with Crippen LogP contribution in [0.25, 0.3) is 11.4 Å². The molecule has 2 fully saturated rings. The average Bonchev–Trinajstić information content (AvgIpc) is 2.79. The first-order valence-electron chi connectivity index (χ1n) is 10.9. The van der Waals surface area contributed by atoms with Crippen molar-refractivity contribution in [3.63, 3.8) is 0 Å². The van der Waals surface area contributed by atoms with Gasteiger partial charge in [0, 0.05) is 11.8 Å². The lowest BCUT2D eigenvalue weighted by molar-refractivity contribution is 0.0844. The number of Topliss-reactive ketones (excluding diaryl/α,β-unsaturated/α-hetero) is 2. The van der Waals surface area contributed by atoms with E-state index in [1.165, 1.54) is 0 Å². The lowest BCUT2D eigenvalue weighted by Crippen LogP contribution is -2.34. The Balaban J connectivity index is 1.52. The predicted molar refractivity (Wildman–Crippen MR) is 117 cm³/mol. The molecule has 0 aromatic carbocycles. The van der Waals surface area contributed by atoms with E-state index in [2.05, 4.69) is 33.9 Å². The Morgan fingerprint density at radius 3 is 1.43 bits per heavy atom. The van der Waals surface area contributed by atoms with Crippen molar-refractivity contribution in [2.75, 3.05) is 40.3 Å². The Hall–Kier alpha value is -2.44. The van der Waals surface area contributed by atoms with Crippen molar-refractivity contribution < 1.29 is 9.59 Å². The number of carbonyl (C=O) groups excluding carboxylic acids is 2. The molecular formula is C24H30N4O2. The number of nitrogens with zero attached hydrogens (tertiary/aromatic N) is 4. The Kier molecular flexibility index (Phi) is 6.35. The number of hydrogen-bond acceptors (Lipinski definition) is 6. The van der Waals surface area contributed by atoms with Gasteiger partial charge in [-0.2, -0.15) is 0 Å². The molecule has 0 aliphatic carbocycles. The first kappa shape index (κ1) is 20.8. The second-order valence-electron chi connectivity index (χ2n) is 8.70. The van der Waals surface area contributed by atoms with Gasteiger partial charge in [-0.1, -0.05) is 12.1 Å². The summed E-state index contributed by atoms with van der Waals surface area (Å²) < 4.78 is 0. The molecule has 6 nitrogen and oxygen atoms in total. The fourth-order valence-electron chi connectivity index (χ4n) is 4.39. The van der Waals surface area contributed by atoms with Crippen LogP contribution in [0.15, 0.2) is 36.4 Å². The van der Waals surface area contributed by atoms with E-state index in [-0.39, 0.29) is 23.4 Å². The fourth-order valence-corrected chi connectivity index (χ4v) is 4.39. The SMILES string of the molecule is CN1CCC(C(=O)c2cccc(-c3cccc(C(=O)C4CCN(C)CC4)n3)n2)CC1. The summed E-state index contributed by atoms with van der Waals surface area (Å²) in [6.45, 7) is 3.77. The highest BCUT2D eigenvalue weighted by molar-refractivity contribution is 5.97. The van der Waals surface area contributed by atoms with Crippen LogP contribution in [-0.2, 0) is 0 Å². The quantitative estimate of drug-likeness (QED) is 0.711. The molecule has 30 heavy (non-hydrogen) atoms. The van der Waals surface area contributed by atoms with Gasteiger partial charge in [-0.3, -0.25) is 9.59 Å². The second-order valence-corrected chi connectivity index (χ2v) is 8.70. The average molecular weight is 407 g/mol. The molecule has 2 aromatic heterocycles. The summed E-state index contributed by atoms with van der Waals surface area (Å²) in [7, 11) is 4.18. The topological polar surface area (TPSA) is 66.4 Å². The lowest BCUT2D eigenvalue weighted by Gasteiger charge is -2.27. The van der Waals surface area contributed by atoms with E-state index < -0.39 is 0 Å². The van der Waals surface area contributed by atoms with E-state index >= 15 is 0 Å². The van der Waals surface area contributed by atoms with Gasteiger partial charge in [0.05, 0.1) is 11.4 Å². The van der Waals surface area contributed by atoms with Gasteiger partial charge in [-0.25, -0.2) is 9.97 Å². The molecule has 0 unspecified atom stereocenters. The van der Waals surface area contributed by atoms with Crippen molar-refractivity contribution in [3.05, 3.63) is 47.8 Å². The smallest absolute Gasteiger partial charge is 0.184 e. The van der Waals surface area contributed by atoms with E-state index in [0.29, 0.717) is 22.8 Å². The van der Waals surface area contributed by atoms with Crippen molar-refractivity contribution in [1.29, 1.82) is 0 Å². The summed E-state index contributed by atoms with van der Waals surface area (Å²) >= 11 is 0. The molecule has 4 heterocycles. The van der Waals surface area contributed by atoms with Crippen LogP contribution >= 0.6 is 0 Å². The minimum Gasteiger partial charge on any atom is -0.306 e. The van der Waals surface area contributed by atoms with Gasteiger partial charge in [0.2, 0.25) is 0 Å². The number of hydrogen-bond donors (Lipinski definition) is 0. The molecule has 0 spiro atoms. The summed E-state index contributed by atoms with van der Waals surface area (Å²) in [5.41, 5.74) is 2.28. The van der Waals surface area contributed by atoms with Crippen LogP contribution in [0.4, 0.5) is 0 Å². The molecule has 2 saturated heterocycles. The Bertz CT molecular complexity index is 837. The van der Waals surface area contributed by atoms with Crippen LogP contribution < -0.4 is 0 Å². The minimum atomic E-state index is 0.0363. The summed E-state index contributed by atoms with van der Waals surface area (Å²) in [5.74, 6) is 0.301. The summed E-state index contributed by atoms with van der Waals surface area (Å²) in [6, 6.07) is 11.0. The number of ketones is 2. The molecule has 0 bridgehead atoms. The van der Waals surface area contributed by atoms with Gasteiger partial charge in [-0.05, 0) is 90.2 Å². The molecule has 2 aromatic rings. The van der Waals surface area contributed by atoms with Crippen molar-refractivity contribution in [3.8, 4) is 11.4 Å². The third kappa shape index (κ3) is 4.65. The maximum atomic E-state index is 12.9. The number of aromatic nitrogens is 2. The van der Waals surface area contributed by atoms with Crippen LogP contribution in [0.3, 0.4) is 0 Å². The zero-order valence-electron chi connectivity index (χ0n) is 17.9. The third-order valence-electron chi connectivity index (χ3n) is 6.44. The van der Waals surface area contributed by atoms with Crippen LogP contribution in [0, 0.1) is 11.8 Å². The number of carbonyl (C=O) groups is 2. The molecule has 0 radical (unpaired) electrons. The molecule has 6 heteroatoms. The Morgan fingerprint density at radius 1 is 0.700 bits per heavy atom. The van der Waals surface area contributed by atoms with Crippen LogP contribution in [0.2, 0.25) is 0 Å².